The molecule has 1 heterocycles. The van der Waals surface area contributed by atoms with Crippen LogP contribution >= 0.6 is 11.6 Å². The smallest absolute Gasteiger partial charge is 0.256 e. The molecule has 0 unspecified atom stereocenters. The van der Waals surface area contributed by atoms with Crippen LogP contribution in [0.15, 0.2) is 47.0 Å². The molecule has 0 atom stereocenters. The molecule has 0 spiro atoms. The molecule has 8 heteroatoms. The topological polar surface area (TPSA) is 68.0 Å². The standard InChI is InChI=1S/C16H10ClF2N3O2/c17-10-5-3-7-12(19)14(10)16(23)20-8-13-21-15(22-24-13)9-4-1-2-6-11(9)18/h1-7H,8H2,(H,20,23). The average Bonchev–Trinajstić information content (AvgIpc) is 3.02. The van der Waals surface area contributed by atoms with Crippen LogP contribution in [0.5, 0.6) is 0 Å². The molecule has 5 nitrogen and oxygen atoms in total. The van der Waals surface area contributed by atoms with Gasteiger partial charge in [-0.25, -0.2) is 8.78 Å². The quantitative estimate of drug-likeness (QED) is 0.781. The van der Waals surface area contributed by atoms with Crippen molar-refractivity contribution in [3.05, 3.63) is 70.6 Å². The maximum absolute atomic E-state index is 13.7. The first kappa shape index (κ1) is 16.1. The van der Waals surface area contributed by atoms with Crippen molar-refractivity contribution in [3.8, 4) is 11.4 Å². The van der Waals surface area contributed by atoms with Gasteiger partial charge in [0.1, 0.15) is 11.6 Å². The highest BCUT2D eigenvalue weighted by Crippen LogP contribution is 2.20. The van der Waals surface area contributed by atoms with Crippen LogP contribution in [0.3, 0.4) is 0 Å². The molecule has 122 valence electrons. The Kier molecular flexibility index (Phi) is 4.52. The molecule has 1 aromatic heterocycles. The number of amides is 1. The molecule has 0 aliphatic carbocycles. The highest BCUT2D eigenvalue weighted by Gasteiger charge is 2.17. The third-order valence-corrected chi connectivity index (χ3v) is 3.49. The SMILES string of the molecule is O=C(NCc1nc(-c2ccccc2F)no1)c1c(F)cccc1Cl. The summed E-state index contributed by atoms with van der Waals surface area (Å²) >= 11 is 5.81. The van der Waals surface area contributed by atoms with E-state index in [1.54, 1.807) is 6.07 Å². The van der Waals surface area contributed by atoms with Crippen molar-refractivity contribution in [2.75, 3.05) is 0 Å². The van der Waals surface area contributed by atoms with Gasteiger partial charge in [-0.2, -0.15) is 4.98 Å². The van der Waals surface area contributed by atoms with Gasteiger partial charge in [0.2, 0.25) is 11.7 Å². The molecule has 3 rings (SSSR count). The number of rotatable bonds is 4. The van der Waals surface area contributed by atoms with Crippen molar-refractivity contribution in [2.24, 2.45) is 0 Å². The molecular formula is C16H10ClF2N3O2. The van der Waals surface area contributed by atoms with E-state index in [2.05, 4.69) is 15.5 Å². The number of carbonyl (C=O) groups is 1. The zero-order valence-electron chi connectivity index (χ0n) is 12.1. The second-order valence-corrected chi connectivity index (χ2v) is 5.18. The number of carbonyl (C=O) groups excluding carboxylic acids is 1. The van der Waals surface area contributed by atoms with Crippen LogP contribution in [0.1, 0.15) is 16.2 Å². The van der Waals surface area contributed by atoms with Crippen molar-refractivity contribution >= 4 is 17.5 Å². The molecule has 0 aliphatic heterocycles. The molecule has 0 saturated heterocycles. The van der Waals surface area contributed by atoms with Crippen LogP contribution in [0, 0.1) is 11.6 Å². The monoisotopic (exact) mass is 349 g/mol. The van der Waals surface area contributed by atoms with Crippen molar-refractivity contribution in [3.63, 3.8) is 0 Å². The summed E-state index contributed by atoms with van der Waals surface area (Å²) in [5.41, 5.74) is -0.0935. The summed E-state index contributed by atoms with van der Waals surface area (Å²) in [5, 5.41) is 6.07. The Morgan fingerprint density at radius 3 is 2.62 bits per heavy atom. The van der Waals surface area contributed by atoms with Crippen molar-refractivity contribution in [1.29, 1.82) is 0 Å². The number of halogens is 3. The van der Waals surface area contributed by atoms with Gasteiger partial charge in [0, 0.05) is 0 Å². The van der Waals surface area contributed by atoms with Crippen molar-refractivity contribution < 1.29 is 18.1 Å². The summed E-state index contributed by atoms with van der Waals surface area (Å²) in [7, 11) is 0. The minimum atomic E-state index is -0.738. The van der Waals surface area contributed by atoms with Gasteiger partial charge >= 0.3 is 0 Å². The Labute approximate surface area is 140 Å². The number of hydrogen-bond donors (Lipinski definition) is 1. The van der Waals surface area contributed by atoms with Crippen LogP contribution in [0.25, 0.3) is 11.4 Å². The molecule has 1 N–H and O–H groups in total. The third kappa shape index (κ3) is 3.26. The Morgan fingerprint density at radius 1 is 1.12 bits per heavy atom. The third-order valence-electron chi connectivity index (χ3n) is 3.17. The van der Waals surface area contributed by atoms with Crippen LogP contribution in [0.2, 0.25) is 5.02 Å². The van der Waals surface area contributed by atoms with Gasteiger partial charge in [0.25, 0.3) is 5.91 Å². The lowest BCUT2D eigenvalue weighted by Gasteiger charge is -2.05. The summed E-state index contributed by atoms with van der Waals surface area (Å²) in [6.07, 6.45) is 0. The Morgan fingerprint density at radius 2 is 1.88 bits per heavy atom. The molecular weight excluding hydrogens is 340 g/mol. The first-order valence-corrected chi connectivity index (χ1v) is 7.24. The predicted molar refractivity (Wildman–Crippen MR) is 82.3 cm³/mol. The predicted octanol–water partition coefficient (Wildman–Crippen LogP) is 3.60. The van der Waals surface area contributed by atoms with Gasteiger partial charge in [0.05, 0.1) is 22.7 Å². The van der Waals surface area contributed by atoms with Gasteiger partial charge in [0.15, 0.2) is 0 Å². The maximum atomic E-state index is 13.7. The summed E-state index contributed by atoms with van der Waals surface area (Å²) in [6, 6.07) is 9.88. The van der Waals surface area contributed by atoms with Crippen LogP contribution in [-0.2, 0) is 6.54 Å². The van der Waals surface area contributed by atoms with Gasteiger partial charge in [-0.3, -0.25) is 4.79 Å². The van der Waals surface area contributed by atoms with Gasteiger partial charge < -0.3 is 9.84 Å². The highest BCUT2D eigenvalue weighted by molar-refractivity contribution is 6.33. The molecule has 0 bridgehead atoms. The highest BCUT2D eigenvalue weighted by atomic mass is 35.5. The van der Waals surface area contributed by atoms with E-state index in [1.165, 1.54) is 30.3 Å². The number of benzene rings is 2. The minimum absolute atomic E-state index is 0.00919. The lowest BCUT2D eigenvalue weighted by molar-refractivity contribution is 0.0942. The second kappa shape index (κ2) is 6.76. The number of aromatic nitrogens is 2. The fourth-order valence-electron chi connectivity index (χ4n) is 2.04. The van der Waals surface area contributed by atoms with E-state index >= 15 is 0 Å². The van der Waals surface area contributed by atoms with Gasteiger partial charge in [-0.1, -0.05) is 35.0 Å². The lowest BCUT2D eigenvalue weighted by atomic mass is 10.2. The minimum Gasteiger partial charge on any atom is -0.343 e. The van der Waals surface area contributed by atoms with Crippen LogP contribution in [0.4, 0.5) is 8.78 Å². The lowest BCUT2D eigenvalue weighted by Crippen LogP contribution is -2.24. The molecule has 24 heavy (non-hydrogen) atoms. The summed E-state index contributed by atoms with van der Waals surface area (Å²) in [5.74, 6) is -1.84. The van der Waals surface area contributed by atoms with E-state index in [4.69, 9.17) is 16.1 Å². The maximum Gasteiger partial charge on any atom is 0.256 e. The van der Waals surface area contributed by atoms with Crippen molar-refractivity contribution in [1.82, 2.24) is 15.5 Å². The molecule has 0 saturated carbocycles. The Balaban J connectivity index is 1.72. The molecule has 0 aliphatic rings. The summed E-state index contributed by atoms with van der Waals surface area (Å²) in [6.45, 7) is -0.148. The second-order valence-electron chi connectivity index (χ2n) is 4.77. The van der Waals surface area contributed by atoms with E-state index in [0.717, 1.165) is 6.07 Å². The average molecular weight is 350 g/mol. The zero-order valence-corrected chi connectivity index (χ0v) is 12.8. The zero-order chi connectivity index (χ0) is 17.1. The fraction of sp³-hybridized carbons (Fsp3) is 0.0625. The van der Waals surface area contributed by atoms with Gasteiger partial charge in [-0.05, 0) is 24.3 Å². The largest absolute Gasteiger partial charge is 0.343 e. The first-order chi connectivity index (χ1) is 11.6. The number of nitrogens with one attached hydrogen (secondary N) is 1. The first-order valence-electron chi connectivity index (χ1n) is 6.86. The van der Waals surface area contributed by atoms with Crippen molar-refractivity contribution in [2.45, 2.75) is 6.54 Å². The molecule has 1 amide bonds. The Bertz CT molecular complexity index is 878. The van der Waals surface area contributed by atoms with E-state index < -0.39 is 17.5 Å². The summed E-state index contributed by atoms with van der Waals surface area (Å²) < 4.78 is 32.3. The van der Waals surface area contributed by atoms with E-state index in [0.29, 0.717) is 0 Å². The van der Waals surface area contributed by atoms with E-state index in [-0.39, 0.29) is 34.4 Å². The molecule has 3 aromatic rings. The van der Waals surface area contributed by atoms with Crippen LogP contribution in [-0.4, -0.2) is 16.0 Å². The molecule has 0 fully saturated rings. The fourth-order valence-corrected chi connectivity index (χ4v) is 2.29. The van der Waals surface area contributed by atoms with E-state index in [1.807, 2.05) is 0 Å². The Hall–Kier alpha value is -2.80. The van der Waals surface area contributed by atoms with Gasteiger partial charge in [-0.15, -0.1) is 0 Å². The normalized spacial score (nSPS) is 10.6. The summed E-state index contributed by atoms with van der Waals surface area (Å²) in [4.78, 5) is 16.0. The number of nitrogens with zero attached hydrogens (tertiary/aromatic N) is 2. The molecule has 0 radical (unpaired) electrons. The number of hydrogen-bond acceptors (Lipinski definition) is 4. The van der Waals surface area contributed by atoms with Crippen LogP contribution < -0.4 is 5.32 Å². The van der Waals surface area contributed by atoms with E-state index in [9.17, 15) is 13.6 Å². The molecule has 2 aromatic carbocycles.